The first kappa shape index (κ1) is 17.6. The van der Waals surface area contributed by atoms with Gasteiger partial charge in [0.15, 0.2) is 0 Å². The summed E-state index contributed by atoms with van der Waals surface area (Å²) in [5, 5.41) is 3.32. The molecule has 4 nitrogen and oxygen atoms in total. The summed E-state index contributed by atoms with van der Waals surface area (Å²) in [7, 11) is -1.72. The van der Waals surface area contributed by atoms with Gasteiger partial charge in [0.05, 0.1) is 4.90 Å². The third-order valence-electron chi connectivity index (χ3n) is 2.92. The van der Waals surface area contributed by atoms with Gasteiger partial charge in [-0.15, -0.1) is 11.3 Å². The van der Waals surface area contributed by atoms with Gasteiger partial charge in [0.25, 0.3) is 0 Å². The fourth-order valence-electron chi connectivity index (χ4n) is 1.95. The number of aryl methyl sites for hydroxylation is 1. The normalized spacial score (nSPS) is 12.8. The lowest BCUT2D eigenvalue weighted by Crippen LogP contribution is -2.30. The Kier molecular flexibility index (Phi) is 6.19. The van der Waals surface area contributed by atoms with Crippen molar-refractivity contribution in [3.63, 3.8) is 0 Å². The Hall–Kier alpha value is -0.430. The third kappa shape index (κ3) is 4.55. The van der Waals surface area contributed by atoms with Crippen molar-refractivity contribution in [3.05, 3.63) is 15.8 Å². The largest absolute Gasteiger partial charge is 0.310 e. The summed E-state index contributed by atoms with van der Waals surface area (Å²) in [6, 6.07) is 2.20. The van der Waals surface area contributed by atoms with E-state index in [1.807, 2.05) is 26.8 Å². The Balaban J connectivity index is 2.95. The maximum atomic E-state index is 12.6. The Labute approximate surface area is 127 Å². The number of nitrogens with zero attached hydrogens (tertiary/aromatic N) is 1. The fraction of sp³-hybridized carbons (Fsp3) is 0.714. The summed E-state index contributed by atoms with van der Waals surface area (Å²) < 4.78 is 26.6. The first-order valence-electron chi connectivity index (χ1n) is 6.93. The Morgan fingerprint density at radius 3 is 2.40 bits per heavy atom. The lowest BCUT2D eigenvalue weighted by atomic mass is 10.2. The van der Waals surface area contributed by atoms with Crippen LogP contribution in [0.5, 0.6) is 0 Å². The van der Waals surface area contributed by atoms with E-state index in [4.69, 9.17) is 0 Å². The van der Waals surface area contributed by atoms with E-state index in [-0.39, 0.29) is 0 Å². The van der Waals surface area contributed by atoms with Gasteiger partial charge in [0, 0.05) is 35.9 Å². The molecule has 1 aromatic rings. The molecular weight excluding hydrogens is 292 g/mol. The summed E-state index contributed by atoms with van der Waals surface area (Å²) in [5.74, 6) is 0.316. The van der Waals surface area contributed by atoms with Crippen LogP contribution in [0.4, 0.5) is 0 Å². The molecule has 0 fully saturated rings. The fourth-order valence-corrected chi connectivity index (χ4v) is 4.84. The van der Waals surface area contributed by atoms with Crippen molar-refractivity contribution in [2.24, 2.45) is 5.92 Å². The van der Waals surface area contributed by atoms with E-state index >= 15 is 0 Å². The van der Waals surface area contributed by atoms with Gasteiger partial charge >= 0.3 is 0 Å². The van der Waals surface area contributed by atoms with Crippen LogP contribution in [0, 0.1) is 12.8 Å². The van der Waals surface area contributed by atoms with Crippen LogP contribution in [0.1, 0.15) is 37.4 Å². The van der Waals surface area contributed by atoms with Crippen molar-refractivity contribution in [2.45, 2.75) is 52.1 Å². The van der Waals surface area contributed by atoms with E-state index in [1.54, 1.807) is 18.4 Å². The minimum Gasteiger partial charge on any atom is -0.310 e. The predicted octanol–water partition coefficient (Wildman–Crippen LogP) is 2.83. The van der Waals surface area contributed by atoms with E-state index in [1.165, 1.54) is 4.31 Å². The van der Waals surface area contributed by atoms with Gasteiger partial charge < -0.3 is 5.32 Å². The standard InChI is InChI=1S/C14H26N2O2S2/c1-10(2)9-16(6)20(17,18)14-7-13(19-12(14)5)8-15-11(3)4/h7,10-11,15H,8-9H2,1-6H3. The smallest absolute Gasteiger partial charge is 0.243 e. The molecule has 0 aliphatic carbocycles. The van der Waals surface area contributed by atoms with Crippen LogP contribution < -0.4 is 5.32 Å². The number of nitrogens with one attached hydrogen (secondary N) is 1. The molecule has 0 aliphatic rings. The molecule has 0 spiro atoms. The highest BCUT2D eigenvalue weighted by Gasteiger charge is 2.25. The summed E-state index contributed by atoms with van der Waals surface area (Å²) >= 11 is 1.55. The molecule has 0 saturated heterocycles. The SMILES string of the molecule is Cc1sc(CNC(C)C)cc1S(=O)(=O)N(C)CC(C)C. The number of hydrogen-bond acceptors (Lipinski definition) is 4. The highest BCUT2D eigenvalue weighted by atomic mass is 32.2. The minimum atomic E-state index is -3.37. The third-order valence-corrected chi connectivity index (χ3v) is 6.05. The van der Waals surface area contributed by atoms with Crippen molar-refractivity contribution >= 4 is 21.4 Å². The molecule has 1 heterocycles. The first-order valence-corrected chi connectivity index (χ1v) is 9.19. The average molecular weight is 319 g/mol. The number of thiophene rings is 1. The number of rotatable bonds is 7. The Morgan fingerprint density at radius 2 is 1.90 bits per heavy atom. The Morgan fingerprint density at radius 1 is 1.30 bits per heavy atom. The summed E-state index contributed by atoms with van der Waals surface area (Å²) in [6.45, 7) is 11.3. The maximum absolute atomic E-state index is 12.6. The van der Waals surface area contributed by atoms with E-state index in [0.717, 1.165) is 9.75 Å². The molecule has 116 valence electrons. The van der Waals surface area contributed by atoms with Gasteiger partial charge in [-0.1, -0.05) is 27.7 Å². The van der Waals surface area contributed by atoms with Crippen LogP contribution in [0.25, 0.3) is 0 Å². The van der Waals surface area contributed by atoms with Crippen molar-refractivity contribution < 1.29 is 8.42 Å². The van der Waals surface area contributed by atoms with E-state index in [9.17, 15) is 8.42 Å². The van der Waals surface area contributed by atoms with Crippen LogP contribution in [0.2, 0.25) is 0 Å². The lowest BCUT2D eigenvalue weighted by Gasteiger charge is -2.18. The van der Waals surface area contributed by atoms with Gasteiger partial charge in [0.2, 0.25) is 10.0 Å². The second-order valence-electron chi connectivity index (χ2n) is 5.85. The quantitative estimate of drug-likeness (QED) is 0.841. The second-order valence-corrected chi connectivity index (χ2v) is 9.20. The van der Waals surface area contributed by atoms with Gasteiger partial charge in [0.1, 0.15) is 0 Å². The number of hydrogen-bond donors (Lipinski definition) is 1. The lowest BCUT2D eigenvalue weighted by molar-refractivity contribution is 0.417. The van der Waals surface area contributed by atoms with Crippen LogP contribution in [-0.2, 0) is 16.6 Å². The molecule has 1 rings (SSSR count). The molecule has 0 unspecified atom stereocenters. The van der Waals surface area contributed by atoms with Gasteiger partial charge in [-0.25, -0.2) is 12.7 Å². The Bertz CT molecular complexity index is 533. The zero-order chi connectivity index (χ0) is 15.5. The molecule has 0 aromatic carbocycles. The van der Waals surface area contributed by atoms with Gasteiger partial charge in [-0.2, -0.15) is 0 Å². The summed E-state index contributed by atoms with van der Waals surface area (Å²) in [5.41, 5.74) is 0. The molecule has 20 heavy (non-hydrogen) atoms. The average Bonchev–Trinajstić information content (AvgIpc) is 2.67. The number of sulfonamides is 1. The highest BCUT2D eigenvalue weighted by Crippen LogP contribution is 2.28. The first-order chi connectivity index (χ1) is 9.14. The van der Waals surface area contributed by atoms with Gasteiger partial charge in [-0.05, 0) is 18.9 Å². The van der Waals surface area contributed by atoms with Crippen LogP contribution in [0.15, 0.2) is 11.0 Å². The monoisotopic (exact) mass is 318 g/mol. The molecule has 6 heteroatoms. The van der Waals surface area contributed by atoms with E-state index < -0.39 is 10.0 Å². The van der Waals surface area contributed by atoms with Crippen molar-refractivity contribution in [1.82, 2.24) is 9.62 Å². The van der Waals surface area contributed by atoms with Crippen molar-refractivity contribution in [1.29, 1.82) is 0 Å². The van der Waals surface area contributed by atoms with Crippen LogP contribution >= 0.6 is 11.3 Å². The van der Waals surface area contributed by atoms with Crippen molar-refractivity contribution in [2.75, 3.05) is 13.6 Å². The van der Waals surface area contributed by atoms with E-state index in [0.29, 0.717) is 29.9 Å². The van der Waals surface area contributed by atoms with Crippen LogP contribution in [0.3, 0.4) is 0 Å². The zero-order valence-electron chi connectivity index (χ0n) is 13.2. The zero-order valence-corrected chi connectivity index (χ0v) is 14.9. The molecule has 0 saturated carbocycles. The highest BCUT2D eigenvalue weighted by molar-refractivity contribution is 7.89. The minimum absolute atomic E-state index is 0.316. The predicted molar refractivity (Wildman–Crippen MR) is 85.7 cm³/mol. The topological polar surface area (TPSA) is 49.4 Å². The van der Waals surface area contributed by atoms with Crippen LogP contribution in [-0.4, -0.2) is 32.4 Å². The molecule has 0 bridgehead atoms. The molecular formula is C14H26N2O2S2. The summed E-state index contributed by atoms with van der Waals surface area (Å²) in [6.07, 6.45) is 0. The summed E-state index contributed by atoms with van der Waals surface area (Å²) in [4.78, 5) is 2.38. The van der Waals surface area contributed by atoms with Crippen molar-refractivity contribution in [3.8, 4) is 0 Å². The molecule has 0 radical (unpaired) electrons. The second kappa shape index (κ2) is 7.02. The molecule has 1 aromatic heterocycles. The molecule has 0 amide bonds. The molecule has 0 aliphatic heterocycles. The molecule has 0 atom stereocenters. The maximum Gasteiger partial charge on any atom is 0.243 e. The van der Waals surface area contributed by atoms with E-state index in [2.05, 4.69) is 19.2 Å². The van der Waals surface area contributed by atoms with Gasteiger partial charge in [-0.3, -0.25) is 0 Å². The molecule has 1 N–H and O–H groups in total.